The third kappa shape index (κ3) is 5.12. The highest BCUT2D eigenvalue weighted by Gasteiger charge is 2.39. The quantitative estimate of drug-likeness (QED) is 0.578. The Bertz CT molecular complexity index is 981. The van der Waals surface area contributed by atoms with Crippen LogP contribution in [0, 0.1) is 12.3 Å². The maximum absolute atomic E-state index is 12.6. The molecule has 29 heavy (non-hydrogen) atoms. The molecule has 3 rings (SSSR count). The molecule has 1 atom stereocenters. The van der Waals surface area contributed by atoms with E-state index in [1.165, 1.54) is 12.4 Å². The second-order valence-electron chi connectivity index (χ2n) is 7.68. The highest BCUT2D eigenvalue weighted by atomic mass is 32.2. The Morgan fingerprint density at radius 3 is 2.72 bits per heavy atom. The Balaban J connectivity index is 1.77. The van der Waals surface area contributed by atoms with E-state index in [2.05, 4.69) is 39.7 Å². The van der Waals surface area contributed by atoms with Gasteiger partial charge in [0.1, 0.15) is 5.69 Å². The fraction of sp³-hybridized carbons (Fsp3) is 0.381. The van der Waals surface area contributed by atoms with E-state index in [1.54, 1.807) is 24.2 Å². The summed E-state index contributed by atoms with van der Waals surface area (Å²) in [6, 6.07) is 1.96. The number of nitrogens with zero attached hydrogens (tertiary/aromatic N) is 4. The topological polar surface area (TPSA) is 103 Å². The van der Waals surface area contributed by atoms with Gasteiger partial charge in [0.25, 0.3) is 0 Å². The van der Waals surface area contributed by atoms with Crippen LogP contribution in [0.5, 0.6) is 5.88 Å². The lowest BCUT2D eigenvalue weighted by molar-refractivity contribution is 0.0987. The molecule has 150 valence electrons. The van der Waals surface area contributed by atoms with Crippen molar-refractivity contribution in [1.29, 1.82) is 0 Å². The van der Waals surface area contributed by atoms with E-state index in [0.29, 0.717) is 5.17 Å². The van der Waals surface area contributed by atoms with Gasteiger partial charge in [-0.15, -0.1) is 6.42 Å². The van der Waals surface area contributed by atoms with Crippen molar-refractivity contribution in [2.24, 2.45) is 10.7 Å². The number of thioether (sulfide) groups is 1. The number of nitrogens with two attached hydrogens (primary N) is 1. The summed E-state index contributed by atoms with van der Waals surface area (Å²) < 4.78 is 5.14. The average molecular weight is 410 g/mol. The van der Waals surface area contributed by atoms with Crippen molar-refractivity contribution < 1.29 is 9.53 Å². The van der Waals surface area contributed by atoms with E-state index in [0.717, 1.165) is 17.5 Å². The molecule has 0 radical (unpaired) electrons. The maximum Gasteiger partial charge on any atom is 0.233 e. The Morgan fingerprint density at radius 2 is 2.07 bits per heavy atom. The van der Waals surface area contributed by atoms with Gasteiger partial charge in [-0.3, -0.25) is 14.8 Å². The fourth-order valence-corrected chi connectivity index (χ4v) is 4.59. The van der Waals surface area contributed by atoms with Gasteiger partial charge in [-0.1, -0.05) is 31.5 Å². The summed E-state index contributed by atoms with van der Waals surface area (Å²) in [7, 11) is 0. The van der Waals surface area contributed by atoms with Crippen LogP contribution >= 0.6 is 11.8 Å². The lowest BCUT2D eigenvalue weighted by Crippen LogP contribution is -2.38. The van der Waals surface area contributed by atoms with Gasteiger partial charge in [0.15, 0.2) is 17.6 Å². The second-order valence-corrected chi connectivity index (χ2v) is 9.40. The predicted octanol–water partition coefficient (Wildman–Crippen LogP) is 2.75. The van der Waals surface area contributed by atoms with Crippen LogP contribution in [0.3, 0.4) is 0 Å². The summed E-state index contributed by atoms with van der Waals surface area (Å²) in [5, 5.41) is 0.563. The Labute approximate surface area is 174 Å². The molecule has 3 heterocycles. The van der Waals surface area contributed by atoms with Crippen LogP contribution in [0.15, 0.2) is 35.8 Å². The van der Waals surface area contributed by atoms with E-state index in [-0.39, 0.29) is 35.1 Å². The Hall–Kier alpha value is -2.92. The van der Waals surface area contributed by atoms with Gasteiger partial charge in [0, 0.05) is 23.6 Å². The van der Waals surface area contributed by atoms with Crippen LogP contribution in [0.1, 0.15) is 48.8 Å². The molecule has 0 saturated carbocycles. The number of ether oxygens (including phenoxy) is 1. The van der Waals surface area contributed by atoms with Crippen LogP contribution < -0.4 is 10.5 Å². The van der Waals surface area contributed by atoms with Gasteiger partial charge in [-0.05, 0) is 30.5 Å². The molecule has 0 fully saturated rings. The minimum absolute atomic E-state index is 0.0365. The number of carbonyl (C=O) groups excluding carboxylic acids is 1. The first-order valence-corrected chi connectivity index (χ1v) is 9.93. The predicted molar refractivity (Wildman–Crippen MR) is 114 cm³/mol. The smallest absolute Gasteiger partial charge is 0.233 e. The molecule has 1 aliphatic heterocycles. The van der Waals surface area contributed by atoms with Crippen molar-refractivity contribution >= 4 is 22.7 Å². The number of aromatic nitrogens is 3. The second kappa shape index (κ2) is 8.21. The van der Waals surface area contributed by atoms with Crippen LogP contribution in [0.2, 0.25) is 0 Å². The van der Waals surface area contributed by atoms with E-state index < -0.39 is 5.54 Å². The van der Waals surface area contributed by atoms with E-state index >= 15 is 0 Å². The minimum Gasteiger partial charge on any atom is -0.463 e. The fourth-order valence-electron chi connectivity index (χ4n) is 3.43. The summed E-state index contributed by atoms with van der Waals surface area (Å²) in [5.41, 5.74) is 7.55. The zero-order valence-electron chi connectivity index (χ0n) is 16.7. The van der Waals surface area contributed by atoms with Gasteiger partial charge in [0.05, 0.1) is 17.9 Å². The largest absolute Gasteiger partial charge is 0.463 e. The first-order chi connectivity index (χ1) is 13.7. The molecular weight excluding hydrogens is 386 g/mol. The Kier molecular flexibility index (Phi) is 5.89. The molecule has 0 spiro atoms. The number of terminal acetylenes is 1. The molecule has 8 heteroatoms. The number of hydrogen-bond donors (Lipinski definition) is 1. The number of rotatable bonds is 6. The molecule has 2 aromatic heterocycles. The number of Topliss-reactive ketones (excluding diaryl/α,β-unsaturated/α-hetero) is 1. The van der Waals surface area contributed by atoms with Crippen LogP contribution in [0.25, 0.3) is 0 Å². The van der Waals surface area contributed by atoms with Crippen LogP contribution in [0.4, 0.5) is 0 Å². The highest BCUT2D eigenvalue weighted by Crippen LogP contribution is 2.44. The van der Waals surface area contributed by atoms with Gasteiger partial charge in [0.2, 0.25) is 5.88 Å². The summed E-state index contributed by atoms with van der Waals surface area (Å²) in [6.45, 7) is 6.44. The van der Waals surface area contributed by atoms with Gasteiger partial charge >= 0.3 is 0 Å². The molecule has 0 saturated heterocycles. The van der Waals surface area contributed by atoms with E-state index in [1.807, 2.05) is 13.0 Å². The van der Waals surface area contributed by atoms with Crippen molar-refractivity contribution in [1.82, 2.24) is 15.0 Å². The van der Waals surface area contributed by atoms with Crippen molar-refractivity contribution in [2.75, 3.05) is 6.61 Å². The molecule has 0 unspecified atom stereocenters. The summed E-state index contributed by atoms with van der Waals surface area (Å²) >= 11 is 1.58. The molecule has 0 amide bonds. The number of ketones is 1. The standard InChI is InChI=1S/C21H23N5O2S/c1-5-6-28-18-12-24-16(11-25-18)17(27)8-14-7-15(10-23-9-14)21(4)13-20(2,3)29-19(22)26-21/h1,7,9-12H,6,8,13H2,2-4H3,(H2,22,26)/t21-/m0/s1. The SMILES string of the molecule is C#CCOc1cnc(C(=O)Cc2cncc([C@]3(C)CC(C)(C)SC(N)=N3)c2)cn1. The number of pyridine rings is 1. The van der Waals surface area contributed by atoms with Crippen molar-refractivity contribution in [3.63, 3.8) is 0 Å². The number of aliphatic imine (C=N–C) groups is 1. The highest BCUT2D eigenvalue weighted by molar-refractivity contribution is 8.15. The Morgan fingerprint density at radius 1 is 1.28 bits per heavy atom. The van der Waals surface area contributed by atoms with Gasteiger partial charge in [-0.2, -0.15) is 0 Å². The van der Waals surface area contributed by atoms with Crippen LogP contribution in [-0.2, 0) is 12.0 Å². The number of carbonyl (C=O) groups is 1. The number of hydrogen-bond acceptors (Lipinski definition) is 8. The molecule has 2 aromatic rings. The third-order valence-electron chi connectivity index (χ3n) is 4.51. The lowest BCUT2D eigenvalue weighted by atomic mass is 9.84. The van der Waals surface area contributed by atoms with Crippen LogP contribution in [-0.4, -0.2) is 37.3 Å². The first kappa shape index (κ1) is 20.8. The zero-order valence-corrected chi connectivity index (χ0v) is 17.5. The zero-order chi connectivity index (χ0) is 21.1. The molecule has 7 nitrogen and oxygen atoms in total. The number of amidine groups is 1. The molecule has 0 bridgehead atoms. The van der Waals surface area contributed by atoms with E-state index in [9.17, 15) is 4.79 Å². The molecular formula is C21H23N5O2S. The summed E-state index contributed by atoms with van der Waals surface area (Å²) in [6.07, 6.45) is 12.4. The van der Waals surface area contributed by atoms with Crippen molar-refractivity contribution in [3.05, 3.63) is 47.7 Å². The average Bonchev–Trinajstić information content (AvgIpc) is 2.65. The molecule has 0 aliphatic carbocycles. The van der Waals surface area contributed by atoms with Crippen molar-refractivity contribution in [3.8, 4) is 18.2 Å². The summed E-state index contributed by atoms with van der Waals surface area (Å²) in [5.74, 6) is 2.47. The van der Waals surface area contributed by atoms with Gasteiger partial charge < -0.3 is 10.5 Å². The van der Waals surface area contributed by atoms with E-state index in [4.69, 9.17) is 16.9 Å². The van der Waals surface area contributed by atoms with Gasteiger partial charge in [-0.25, -0.2) is 9.97 Å². The molecule has 1 aliphatic rings. The molecule has 2 N–H and O–H groups in total. The molecule has 0 aromatic carbocycles. The monoisotopic (exact) mass is 409 g/mol. The van der Waals surface area contributed by atoms with Crippen molar-refractivity contribution in [2.45, 2.75) is 43.9 Å². The minimum atomic E-state index is -0.485. The third-order valence-corrected chi connectivity index (χ3v) is 5.50. The first-order valence-electron chi connectivity index (χ1n) is 9.11. The maximum atomic E-state index is 12.6. The lowest BCUT2D eigenvalue weighted by Gasteiger charge is -2.39. The normalized spacial score (nSPS) is 20.4. The summed E-state index contributed by atoms with van der Waals surface area (Å²) in [4.78, 5) is 29.8.